The molecule has 0 bridgehead atoms. The van der Waals surface area contributed by atoms with E-state index < -0.39 is 5.97 Å². The lowest BCUT2D eigenvalue weighted by atomic mass is 10.1. The van der Waals surface area contributed by atoms with Crippen molar-refractivity contribution in [2.45, 2.75) is 13.5 Å². The predicted molar refractivity (Wildman–Crippen MR) is 99.2 cm³/mol. The highest BCUT2D eigenvalue weighted by atomic mass is 35.5. The van der Waals surface area contributed by atoms with Gasteiger partial charge in [-0.15, -0.1) is 0 Å². The summed E-state index contributed by atoms with van der Waals surface area (Å²) in [5, 5.41) is 9.15. The standard InChI is InChI=1S/C20H18ClNO4/c1-3-25-18-11-16(10-17(21)20(18)24-2)8-9-19(23)26-13-15-6-4-14(12-22)5-7-15/h4-11H,3,13H2,1-2H3/b9-8+. The Bertz CT molecular complexity index is 838. The molecule has 134 valence electrons. The van der Waals surface area contributed by atoms with E-state index in [1.165, 1.54) is 13.2 Å². The van der Waals surface area contributed by atoms with Crippen molar-refractivity contribution in [3.63, 3.8) is 0 Å². The first-order valence-electron chi connectivity index (χ1n) is 7.91. The molecule has 0 fully saturated rings. The lowest BCUT2D eigenvalue weighted by Gasteiger charge is -2.11. The number of carbonyl (C=O) groups is 1. The normalized spacial score (nSPS) is 10.4. The molecule has 26 heavy (non-hydrogen) atoms. The number of hydrogen-bond donors (Lipinski definition) is 0. The van der Waals surface area contributed by atoms with E-state index in [1.807, 2.05) is 13.0 Å². The minimum Gasteiger partial charge on any atom is -0.491 e. The number of rotatable bonds is 7. The maximum atomic E-state index is 11.9. The van der Waals surface area contributed by atoms with Gasteiger partial charge in [-0.2, -0.15) is 5.26 Å². The predicted octanol–water partition coefficient (Wildman–Crippen LogP) is 4.38. The van der Waals surface area contributed by atoms with Crippen LogP contribution in [0.4, 0.5) is 0 Å². The van der Waals surface area contributed by atoms with Gasteiger partial charge < -0.3 is 14.2 Å². The van der Waals surface area contributed by atoms with E-state index >= 15 is 0 Å². The summed E-state index contributed by atoms with van der Waals surface area (Å²) < 4.78 is 15.9. The summed E-state index contributed by atoms with van der Waals surface area (Å²) in [7, 11) is 1.51. The van der Waals surface area contributed by atoms with Crippen molar-refractivity contribution in [1.29, 1.82) is 5.26 Å². The smallest absolute Gasteiger partial charge is 0.331 e. The third kappa shape index (κ3) is 5.27. The van der Waals surface area contributed by atoms with E-state index in [0.717, 1.165) is 5.56 Å². The van der Waals surface area contributed by atoms with Crippen LogP contribution >= 0.6 is 11.6 Å². The van der Waals surface area contributed by atoms with Crippen molar-refractivity contribution in [3.05, 3.63) is 64.2 Å². The van der Waals surface area contributed by atoms with Gasteiger partial charge in [0.1, 0.15) is 6.61 Å². The van der Waals surface area contributed by atoms with Crippen LogP contribution in [0.3, 0.4) is 0 Å². The van der Waals surface area contributed by atoms with Gasteiger partial charge in [-0.1, -0.05) is 23.7 Å². The van der Waals surface area contributed by atoms with Crippen LogP contribution in [0.25, 0.3) is 6.08 Å². The van der Waals surface area contributed by atoms with Gasteiger partial charge in [-0.3, -0.25) is 0 Å². The topological polar surface area (TPSA) is 68.5 Å². The molecular formula is C20H18ClNO4. The van der Waals surface area contributed by atoms with Gasteiger partial charge in [0.15, 0.2) is 11.5 Å². The van der Waals surface area contributed by atoms with E-state index in [9.17, 15) is 4.79 Å². The second-order valence-electron chi connectivity index (χ2n) is 5.22. The Morgan fingerprint density at radius 1 is 1.27 bits per heavy atom. The Hall–Kier alpha value is -2.97. The van der Waals surface area contributed by atoms with Crippen molar-refractivity contribution in [2.24, 2.45) is 0 Å². The zero-order chi connectivity index (χ0) is 18.9. The average Bonchev–Trinajstić information content (AvgIpc) is 2.65. The van der Waals surface area contributed by atoms with Crippen LogP contribution in [0.2, 0.25) is 5.02 Å². The van der Waals surface area contributed by atoms with Crippen molar-refractivity contribution >= 4 is 23.6 Å². The first kappa shape index (κ1) is 19.4. The molecule has 2 aromatic carbocycles. The number of carbonyl (C=O) groups excluding carboxylic acids is 1. The average molecular weight is 372 g/mol. The van der Waals surface area contributed by atoms with Crippen LogP contribution in [0.15, 0.2) is 42.5 Å². The Kier molecular flexibility index (Phi) is 7.07. The van der Waals surface area contributed by atoms with Gasteiger partial charge in [0, 0.05) is 6.08 Å². The van der Waals surface area contributed by atoms with Crippen molar-refractivity contribution in [3.8, 4) is 17.6 Å². The molecule has 0 aromatic heterocycles. The molecular weight excluding hydrogens is 354 g/mol. The van der Waals surface area contributed by atoms with Crippen LogP contribution in [0, 0.1) is 11.3 Å². The van der Waals surface area contributed by atoms with Gasteiger partial charge in [0.2, 0.25) is 0 Å². The van der Waals surface area contributed by atoms with E-state index in [-0.39, 0.29) is 6.61 Å². The molecule has 0 amide bonds. The third-order valence-electron chi connectivity index (χ3n) is 3.41. The molecule has 5 nitrogen and oxygen atoms in total. The van der Waals surface area contributed by atoms with Crippen LogP contribution < -0.4 is 9.47 Å². The van der Waals surface area contributed by atoms with Crippen LogP contribution in [-0.4, -0.2) is 19.7 Å². The summed E-state index contributed by atoms with van der Waals surface area (Å²) >= 11 is 6.17. The maximum Gasteiger partial charge on any atom is 0.331 e. The van der Waals surface area contributed by atoms with Gasteiger partial charge in [-0.05, 0) is 48.4 Å². The summed E-state index contributed by atoms with van der Waals surface area (Å²) in [5.74, 6) is 0.474. The fraction of sp³-hybridized carbons (Fsp3) is 0.200. The van der Waals surface area contributed by atoms with Crippen molar-refractivity contribution < 1.29 is 19.0 Å². The molecule has 0 unspecified atom stereocenters. The Balaban J connectivity index is 2.01. The fourth-order valence-electron chi connectivity index (χ4n) is 2.19. The van der Waals surface area contributed by atoms with Gasteiger partial charge in [-0.25, -0.2) is 4.79 Å². The van der Waals surface area contributed by atoms with E-state index in [4.69, 9.17) is 31.1 Å². The number of benzene rings is 2. The first-order valence-corrected chi connectivity index (χ1v) is 8.29. The van der Waals surface area contributed by atoms with Crippen LogP contribution in [0.1, 0.15) is 23.6 Å². The summed E-state index contributed by atoms with van der Waals surface area (Å²) in [6, 6.07) is 12.3. The molecule has 0 aliphatic heterocycles. The highest BCUT2D eigenvalue weighted by Gasteiger charge is 2.10. The largest absolute Gasteiger partial charge is 0.491 e. The Labute approximate surface area is 157 Å². The molecule has 2 aromatic rings. The molecule has 0 saturated carbocycles. The lowest BCUT2D eigenvalue weighted by molar-refractivity contribution is -0.138. The first-order chi connectivity index (χ1) is 12.6. The Morgan fingerprint density at radius 3 is 2.62 bits per heavy atom. The molecule has 2 rings (SSSR count). The quantitative estimate of drug-likeness (QED) is 0.533. The zero-order valence-electron chi connectivity index (χ0n) is 14.5. The van der Waals surface area contributed by atoms with Gasteiger partial charge in [0.05, 0.1) is 30.4 Å². The van der Waals surface area contributed by atoms with E-state index in [1.54, 1.807) is 42.5 Å². The number of nitrogens with zero attached hydrogens (tertiary/aromatic N) is 1. The minimum atomic E-state index is -0.487. The minimum absolute atomic E-state index is 0.127. The maximum absolute atomic E-state index is 11.9. The molecule has 0 saturated heterocycles. The third-order valence-corrected chi connectivity index (χ3v) is 3.69. The highest BCUT2D eigenvalue weighted by Crippen LogP contribution is 2.36. The number of ether oxygens (including phenoxy) is 3. The van der Waals surface area contributed by atoms with Crippen LogP contribution in [-0.2, 0) is 16.1 Å². The summed E-state index contributed by atoms with van der Waals surface area (Å²) in [5.41, 5.74) is 2.05. The lowest BCUT2D eigenvalue weighted by Crippen LogP contribution is -2.01. The van der Waals surface area contributed by atoms with Crippen molar-refractivity contribution in [2.75, 3.05) is 13.7 Å². The van der Waals surface area contributed by atoms with E-state index in [2.05, 4.69) is 0 Å². The molecule has 0 aliphatic rings. The second kappa shape index (κ2) is 9.50. The van der Waals surface area contributed by atoms with E-state index in [0.29, 0.717) is 34.3 Å². The number of halogens is 1. The molecule has 6 heteroatoms. The van der Waals surface area contributed by atoms with Crippen LogP contribution in [0.5, 0.6) is 11.5 Å². The summed E-state index contributed by atoms with van der Waals surface area (Å²) in [4.78, 5) is 11.9. The number of nitriles is 1. The summed E-state index contributed by atoms with van der Waals surface area (Å²) in [6.07, 6.45) is 2.91. The van der Waals surface area contributed by atoms with Gasteiger partial charge in [0.25, 0.3) is 0 Å². The number of hydrogen-bond acceptors (Lipinski definition) is 5. The molecule has 0 atom stereocenters. The molecule has 0 N–H and O–H groups in total. The van der Waals surface area contributed by atoms with Crippen molar-refractivity contribution in [1.82, 2.24) is 0 Å². The number of methoxy groups -OCH3 is 1. The molecule has 0 aliphatic carbocycles. The highest BCUT2D eigenvalue weighted by molar-refractivity contribution is 6.32. The zero-order valence-corrected chi connectivity index (χ0v) is 15.2. The molecule has 0 heterocycles. The molecule has 0 radical (unpaired) electrons. The van der Waals surface area contributed by atoms with Gasteiger partial charge >= 0.3 is 5.97 Å². The second-order valence-corrected chi connectivity index (χ2v) is 5.62. The monoisotopic (exact) mass is 371 g/mol. The number of esters is 1. The Morgan fingerprint density at radius 2 is 2.00 bits per heavy atom. The fourth-order valence-corrected chi connectivity index (χ4v) is 2.48. The SMILES string of the molecule is CCOc1cc(/C=C/C(=O)OCc2ccc(C#N)cc2)cc(Cl)c1OC. The molecule has 0 spiro atoms. The summed E-state index contributed by atoms with van der Waals surface area (Å²) in [6.45, 7) is 2.45.